The molecule has 6 nitrogen and oxygen atoms in total. The minimum Gasteiger partial charge on any atom is -0.342 e. The van der Waals surface area contributed by atoms with Crippen molar-refractivity contribution < 1.29 is 19.3 Å². The van der Waals surface area contributed by atoms with E-state index in [2.05, 4.69) is 4.90 Å². The number of rotatable bonds is 3. The van der Waals surface area contributed by atoms with Crippen LogP contribution in [0, 0.1) is 17.8 Å². The first kappa shape index (κ1) is 18.7. The Labute approximate surface area is 161 Å². The maximum absolute atomic E-state index is 12.8. The summed E-state index contributed by atoms with van der Waals surface area (Å²) in [7, 11) is 0. The predicted molar refractivity (Wildman–Crippen MR) is 101 cm³/mol. The lowest BCUT2D eigenvalue weighted by molar-refractivity contribution is -0.913. The van der Waals surface area contributed by atoms with Crippen LogP contribution in [0.3, 0.4) is 0 Å². The number of amides is 3. The molecule has 1 N–H and O–H groups in total. The molecular weight excluding hydrogens is 342 g/mol. The highest BCUT2D eigenvalue weighted by molar-refractivity contribution is 6.05. The average molecular weight is 375 g/mol. The number of quaternary nitrogens is 1. The first-order valence-corrected chi connectivity index (χ1v) is 10.8. The van der Waals surface area contributed by atoms with Crippen LogP contribution in [0.25, 0.3) is 0 Å². The lowest BCUT2D eigenvalue weighted by atomic mass is 9.85. The molecule has 0 bridgehead atoms. The summed E-state index contributed by atoms with van der Waals surface area (Å²) in [5.74, 6) is 0.229. The number of carbonyl (C=O) groups is 3. The Bertz CT molecular complexity index is 590. The molecule has 0 radical (unpaired) electrons. The van der Waals surface area contributed by atoms with Crippen LogP contribution in [0.15, 0.2) is 12.2 Å². The lowest BCUT2D eigenvalue weighted by Gasteiger charge is -2.33. The van der Waals surface area contributed by atoms with Crippen molar-refractivity contribution in [2.75, 3.05) is 32.8 Å². The second kappa shape index (κ2) is 8.13. The predicted octanol–water partition coefficient (Wildman–Crippen LogP) is 0.593. The van der Waals surface area contributed by atoms with E-state index < -0.39 is 0 Å². The van der Waals surface area contributed by atoms with E-state index in [1.54, 1.807) is 0 Å². The van der Waals surface area contributed by atoms with E-state index in [4.69, 9.17) is 0 Å². The summed E-state index contributed by atoms with van der Waals surface area (Å²) >= 11 is 0. The number of allylic oxidation sites excluding steroid dienone is 2. The van der Waals surface area contributed by atoms with Gasteiger partial charge in [-0.25, -0.2) is 4.90 Å². The molecule has 6 heteroatoms. The topological polar surface area (TPSA) is 62.1 Å². The number of nitrogens with zero attached hydrogens (tertiary/aromatic N) is 2. The third kappa shape index (κ3) is 3.82. The molecule has 0 aromatic rings. The molecule has 2 atom stereocenters. The third-order valence-electron chi connectivity index (χ3n) is 6.94. The van der Waals surface area contributed by atoms with Crippen molar-refractivity contribution in [3.63, 3.8) is 0 Å². The summed E-state index contributed by atoms with van der Waals surface area (Å²) in [6, 6.07) is 0. The highest BCUT2D eigenvalue weighted by Crippen LogP contribution is 2.34. The first-order chi connectivity index (χ1) is 13.1. The van der Waals surface area contributed by atoms with Crippen molar-refractivity contribution in [1.82, 2.24) is 9.80 Å². The molecule has 0 spiro atoms. The third-order valence-corrected chi connectivity index (χ3v) is 6.94. The van der Waals surface area contributed by atoms with Crippen LogP contribution in [-0.4, -0.2) is 60.4 Å². The molecule has 3 saturated heterocycles. The zero-order valence-corrected chi connectivity index (χ0v) is 16.2. The van der Waals surface area contributed by atoms with Crippen LogP contribution in [-0.2, 0) is 14.4 Å². The van der Waals surface area contributed by atoms with Gasteiger partial charge in [0, 0.05) is 31.8 Å². The second-order valence-corrected chi connectivity index (χ2v) is 8.68. The fraction of sp³-hybridized carbons (Fsp3) is 0.762. The van der Waals surface area contributed by atoms with Gasteiger partial charge in [-0.2, -0.15) is 0 Å². The van der Waals surface area contributed by atoms with Gasteiger partial charge in [-0.3, -0.25) is 14.4 Å². The van der Waals surface area contributed by atoms with Crippen LogP contribution >= 0.6 is 0 Å². The summed E-state index contributed by atoms with van der Waals surface area (Å²) in [5.41, 5.74) is 0. The highest BCUT2D eigenvalue weighted by atomic mass is 16.2. The molecule has 0 aromatic carbocycles. The molecule has 0 saturated carbocycles. The highest BCUT2D eigenvalue weighted by Gasteiger charge is 2.48. The zero-order chi connectivity index (χ0) is 18.8. The van der Waals surface area contributed by atoms with Crippen LogP contribution in [0.5, 0.6) is 0 Å². The zero-order valence-electron chi connectivity index (χ0n) is 16.2. The molecular formula is C21H32N3O3+. The number of likely N-dealkylation sites (tertiary alicyclic amines) is 3. The Morgan fingerprint density at radius 1 is 0.926 bits per heavy atom. The van der Waals surface area contributed by atoms with Crippen molar-refractivity contribution in [1.29, 1.82) is 0 Å². The van der Waals surface area contributed by atoms with Crippen molar-refractivity contribution in [2.24, 2.45) is 17.8 Å². The molecule has 148 valence electrons. The van der Waals surface area contributed by atoms with Gasteiger partial charge in [0.05, 0.1) is 24.9 Å². The van der Waals surface area contributed by atoms with Gasteiger partial charge in [0.2, 0.25) is 17.7 Å². The molecule has 3 heterocycles. The van der Waals surface area contributed by atoms with Crippen molar-refractivity contribution in [2.45, 2.75) is 51.4 Å². The summed E-state index contributed by atoms with van der Waals surface area (Å²) in [6.45, 7) is 4.05. The molecule has 4 rings (SSSR count). The van der Waals surface area contributed by atoms with E-state index in [0.29, 0.717) is 25.4 Å². The number of fused-ring (bicyclic) bond motifs is 1. The Morgan fingerprint density at radius 3 is 2.04 bits per heavy atom. The van der Waals surface area contributed by atoms with Gasteiger partial charge in [-0.15, -0.1) is 0 Å². The van der Waals surface area contributed by atoms with Crippen LogP contribution in [0.4, 0.5) is 0 Å². The monoisotopic (exact) mass is 374 g/mol. The van der Waals surface area contributed by atoms with E-state index in [9.17, 15) is 14.4 Å². The quantitative estimate of drug-likeness (QED) is 0.581. The summed E-state index contributed by atoms with van der Waals surface area (Å²) in [4.78, 5) is 42.9. The molecule has 0 aromatic heterocycles. The normalized spacial score (nSPS) is 34.5. The van der Waals surface area contributed by atoms with Gasteiger partial charge in [-0.05, 0) is 25.7 Å². The van der Waals surface area contributed by atoms with Crippen LogP contribution in [0.1, 0.15) is 51.4 Å². The standard InChI is InChI=1S/C21H31N3O3/c25-19(23-11-5-1-2-6-12-23)16-9-13-22(14-10-16)15-24-20(26)17-7-3-4-8-18(17)21(24)27/h3-4,16-18H,1-2,5-15H2/p+1/t17-,18-/m0/s1. The maximum Gasteiger partial charge on any atom is 0.237 e. The molecule has 27 heavy (non-hydrogen) atoms. The fourth-order valence-electron chi connectivity index (χ4n) is 5.23. The van der Waals surface area contributed by atoms with E-state index in [-0.39, 0.29) is 29.6 Å². The van der Waals surface area contributed by atoms with Gasteiger partial charge in [-0.1, -0.05) is 25.0 Å². The van der Waals surface area contributed by atoms with E-state index in [0.717, 1.165) is 51.9 Å². The van der Waals surface area contributed by atoms with Gasteiger partial charge in [0.1, 0.15) is 0 Å². The largest absolute Gasteiger partial charge is 0.342 e. The summed E-state index contributed by atoms with van der Waals surface area (Å²) < 4.78 is 0. The Kier molecular flexibility index (Phi) is 5.62. The first-order valence-electron chi connectivity index (χ1n) is 10.8. The van der Waals surface area contributed by atoms with Crippen molar-refractivity contribution in [3.05, 3.63) is 12.2 Å². The summed E-state index contributed by atoms with van der Waals surface area (Å²) in [5, 5.41) is 0. The molecule has 0 unspecified atom stereocenters. The Balaban J connectivity index is 1.29. The minimum absolute atomic E-state index is 0.0182. The number of nitrogens with one attached hydrogen (secondary N) is 1. The number of imide groups is 1. The SMILES string of the molecule is O=C(C1CC[NH+](CN2C(=O)[C@H]3CC=CC[C@@H]3C2=O)CC1)N1CCCCCC1. The number of hydrogen-bond acceptors (Lipinski definition) is 3. The molecule has 3 fully saturated rings. The van der Waals surface area contributed by atoms with Crippen molar-refractivity contribution in [3.8, 4) is 0 Å². The van der Waals surface area contributed by atoms with Gasteiger partial charge in [0.25, 0.3) is 0 Å². The molecule has 4 aliphatic rings. The average Bonchev–Trinajstić information content (AvgIpc) is 2.91. The van der Waals surface area contributed by atoms with E-state index >= 15 is 0 Å². The number of hydrogen-bond donors (Lipinski definition) is 1. The van der Waals surface area contributed by atoms with Crippen LogP contribution in [0.2, 0.25) is 0 Å². The fourth-order valence-corrected chi connectivity index (χ4v) is 5.23. The Morgan fingerprint density at radius 2 is 1.48 bits per heavy atom. The number of carbonyl (C=O) groups excluding carboxylic acids is 3. The molecule has 1 aliphatic carbocycles. The van der Waals surface area contributed by atoms with Gasteiger partial charge >= 0.3 is 0 Å². The number of piperidine rings is 1. The second-order valence-electron chi connectivity index (χ2n) is 8.68. The molecule has 3 aliphatic heterocycles. The molecule has 3 amide bonds. The minimum atomic E-state index is -0.135. The Hall–Kier alpha value is -1.69. The van der Waals surface area contributed by atoms with Gasteiger partial charge in [0.15, 0.2) is 6.67 Å². The maximum atomic E-state index is 12.8. The van der Waals surface area contributed by atoms with E-state index in [1.165, 1.54) is 22.6 Å². The van der Waals surface area contributed by atoms with Crippen LogP contribution < -0.4 is 4.90 Å². The smallest absolute Gasteiger partial charge is 0.237 e. The van der Waals surface area contributed by atoms with Gasteiger partial charge < -0.3 is 9.80 Å². The van der Waals surface area contributed by atoms with Crippen molar-refractivity contribution >= 4 is 17.7 Å². The lowest BCUT2D eigenvalue weighted by Crippen LogP contribution is -3.14. The summed E-state index contributed by atoms with van der Waals surface area (Å²) in [6.07, 6.45) is 11.9. The van der Waals surface area contributed by atoms with E-state index in [1.807, 2.05) is 12.2 Å².